The average Bonchev–Trinajstić information content (AvgIpc) is 3.72. The van der Waals surface area contributed by atoms with Gasteiger partial charge in [0.25, 0.3) is 11.5 Å². The van der Waals surface area contributed by atoms with Crippen molar-refractivity contribution in [1.29, 1.82) is 0 Å². The molecule has 4 fully saturated rings. The van der Waals surface area contributed by atoms with Gasteiger partial charge in [-0.1, -0.05) is 49.1 Å². The van der Waals surface area contributed by atoms with Crippen LogP contribution in [-0.2, 0) is 26.3 Å². The second-order valence-electron chi connectivity index (χ2n) is 17.6. The smallest absolute Gasteiger partial charge is 0.282 e. The number of likely N-dealkylation sites (tertiary alicyclic amines) is 1. The highest BCUT2D eigenvalue weighted by atomic mass is 35.5. The zero-order valence-electron chi connectivity index (χ0n) is 34.0. The van der Waals surface area contributed by atoms with Crippen LogP contribution in [0, 0.1) is 0 Å². The summed E-state index contributed by atoms with van der Waals surface area (Å²) in [6.45, 7) is 6.26. The summed E-state index contributed by atoms with van der Waals surface area (Å²) in [5.74, 6) is 1.33. The van der Waals surface area contributed by atoms with E-state index < -0.39 is 6.04 Å². The molecular weight excluding hydrogens is 782 g/mol. The van der Waals surface area contributed by atoms with Gasteiger partial charge in [0.15, 0.2) is 0 Å². The summed E-state index contributed by atoms with van der Waals surface area (Å²) in [4.78, 5) is 73.7. The first-order chi connectivity index (χ1) is 29.1. The summed E-state index contributed by atoms with van der Waals surface area (Å²) in [5, 5.41) is 3.31. The molecule has 11 rings (SSSR count). The number of nitrogens with zero attached hydrogens (tertiary/aromatic N) is 6. The Balaban J connectivity index is 0.000000147. The number of piperidine rings is 2. The van der Waals surface area contributed by atoms with E-state index in [4.69, 9.17) is 21.3 Å². The third-order valence-corrected chi connectivity index (χ3v) is 14.5. The predicted octanol–water partition coefficient (Wildman–Crippen LogP) is 4.94. The molecular formula is C46H50ClN7O6. The zero-order valence-corrected chi connectivity index (χ0v) is 34.7. The summed E-state index contributed by atoms with van der Waals surface area (Å²) in [6, 6.07) is 16.2. The summed E-state index contributed by atoms with van der Waals surface area (Å²) in [5.41, 5.74) is 6.77. The van der Waals surface area contributed by atoms with Crippen molar-refractivity contribution in [2.24, 2.45) is 0 Å². The number of amides is 3. The molecule has 13 nitrogen and oxygen atoms in total. The predicted molar refractivity (Wildman–Crippen MR) is 227 cm³/mol. The van der Waals surface area contributed by atoms with Gasteiger partial charge in [0.05, 0.1) is 51.8 Å². The lowest BCUT2D eigenvalue weighted by Crippen LogP contribution is -2.56. The SMILES string of the molecule is CN1CCN2c3ccc4c(c3OCC2C1)CN(C1CCC(=O)NC1=O)C4=O.O=CCN1CCC(c2ccc3c(c2)-n2c(nc(=O)c4c(Cl)cccc42)C32CCCCC2)CC1. The molecule has 1 aromatic heterocycles. The van der Waals surface area contributed by atoms with E-state index in [0.29, 0.717) is 54.0 Å². The fourth-order valence-electron chi connectivity index (χ4n) is 11.1. The molecule has 7 aliphatic rings. The van der Waals surface area contributed by atoms with Gasteiger partial charge in [0, 0.05) is 37.2 Å². The van der Waals surface area contributed by atoms with Crippen molar-refractivity contribution in [2.75, 3.05) is 57.8 Å². The number of hydrogen-bond acceptors (Lipinski definition) is 10. The van der Waals surface area contributed by atoms with Crippen molar-refractivity contribution in [3.63, 3.8) is 0 Å². The molecule has 2 unspecified atom stereocenters. The number of likely N-dealkylation sites (N-methyl/N-ethyl adjacent to an activating group) is 1. The molecule has 0 bridgehead atoms. The van der Waals surface area contributed by atoms with Crippen LogP contribution in [0.1, 0.15) is 96.6 Å². The molecule has 1 N–H and O–H groups in total. The molecule has 1 spiro atoms. The lowest BCUT2D eigenvalue weighted by atomic mass is 9.69. The molecule has 312 valence electrons. The van der Waals surface area contributed by atoms with Gasteiger partial charge in [0.2, 0.25) is 11.8 Å². The number of aromatic nitrogens is 2. The molecule has 2 atom stereocenters. The van der Waals surface area contributed by atoms with Gasteiger partial charge in [-0.25, -0.2) is 0 Å². The Morgan fingerprint density at radius 3 is 2.53 bits per heavy atom. The molecule has 14 heteroatoms. The topological polar surface area (TPSA) is 137 Å². The summed E-state index contributed by atoms with van der Waals surface area (Å²) in [6.07, 6.45) is 9.34. The van der Waals surface area contributed by atoms with E-state index in [2.05, 4.69) is 49.8 Å². The van der Waals surface area contributed by atoms with Gasteiger partial charge in [-0.15, -0.1) is 0 Å². The summed E-state index contributed by atoms with van der Waals surface area (Å²) >= 11 is 6.48. The quantitative estimate of drug-likeness (QED) is 0.223. The van der Waals surface area contributed by atoms with Crippen molar-refractivity contribution >= 4 is 52.2 Å². The van der Waals surface area contributed by atoms with Gasteiger partial charge >= 0.3 is 0 Å². The fraction of sp³-hybridized carbons (Fsp3) is 0.478. The molecule has 7 heterocycles. The van der Waals surface area contributed by atoms with Gasteiger partial charge in [-0.2, -0.15) is 4.98 Å². The summed E-state index contributed by atoms with van der Waals surface area (Å²) in [7, 11) is 2.12. The summed E-state index contributed by atoms with van der Waals surface area (Å²) < 4.78 is 8.34. The van der Waals surface area contributed by atoms with Crippen LogP contribution in [0.3, 0.4) is 0 Å². The number of ether oxygens (including phenoxy) is 1. The van der Waals surface area contributed by atoms with Crippen LogP contribution in [0.15, 0.2) is 53.3 Å². The Morgan fingerprint density at radius 2 is 1.75 bits per heavy atom. The number of anilines is 1. The van der Waals surface area contributed by atoms with E-state index in [-0.39, 0.29) is 35.1 Å². The van der Waals surface area contributed by atoms with Crippen LogP contribution in [0.4, 0.5) is 5.69 Å². The standard InChI is InChI=1S/C27H28ClN3O2.C19H22N4O4/c28-21-5-4-6-22-24(21)25(33)29-26-27(11-2-1-3-12-27)20-8-7-19(17-23(20)31(22)26)18-9-13-30(14-10-18)15-16-32;1-21-6-7-22-11(8-21)10-27-17-13-9-23(15-4-5-16(24)20-18(15)25)19(26)12(13)2-3-14(17)22/h4-8,16-18H,1-3,9-15H2;2-3,11,15H,4-10H2,1H3,(H,20,24,25). The van der Waals surface area contributed by atoms with Crippen LogP contribution in [-0.4, -0.2) is 113 Å². The Labute approximate surface area is 353 Å². The molecule has 0 radical (unpaired) electrons. The van der Waals surface area contributed by atoms with E-state index in [9.17, 15) is 24.0 Å². The number of rotatable bonds is 4. The normalized spacial score (nSPS) is 23.5. The molecule has 4 aromatic rings. The zero-order chi connectivity index (χ0) is 41.3. The third-order valence-electron chi connectivity index (χ3n) is 14.2. The van der Waals surface area contributed by atoms with Gasteiger partial charge in [-0.3, -0.25) is 34.0 Å². The highest BCUT2D eigenvalue weighted by Gasteiger charge is 2.47. The van der Waals surface area contributed by atoms with E-state index in [1.165, 1.54) is 23.2 Å². The number of imide groups is 1. The van der Waals surface area contributed by atoms with Crippen LogP contribution < -0.4 is 20.5 Å². The number of fused-ring (bicyclic) bond motifs is 12. The van der Waals surface area contributed by atoms with Crippen molar-refractivity contribution in [3.05, 3.63) is 92.0 Å². The molecule has 6 aliphatic heterocycles. The number of nitrogens with one attached hydrogen (secondary N) is 1. The average molecular weight is 832 g/mol. The largest absolute Gasteiger partial charge is 0.489 e. The van der Waals surface area contributed by atoms with Crippen LogP contribution in [0.2, 0.25) is 5.02 Å². The van der Waals surface area contributed by atoms with Crippen LogP contribution >= 0.6 is 11.6 Å². The maximum Gasteiger partial charge on any atom is 0.282 e. The van der Waals surface area contributed by atoms with Crippen molar-refractivity contribution in [3.8, 4) is 11.4 Å². The molecule has 3 saturated heterocycles. The highest BCUT2D eigenvalue weighted by molar-refractivity contribution is 6.35. The number of carbonyl (C=O) groups excluding carboxylic acids is 4. The van der Waals surface area contributed by atoms with Crippen molar-refractivity contribution in [2.45, 2.75) is 87.7 Å². The number of halogens is 1. The van der Waals surface area contributed by atoms with E-state index in [1.54, 1.807) is 11.0 Å². The van der Waals surface area contributed by atoms with Gasteiger partial charge in [0.1, 0.15) is 30.5 Å². The van der Waals surface area contributed by atoms with Crippen LogP contribution in [0.25, 0.3) is 16.6 Å². The number of aldehydes is 1. The second-order valence-corrected chi connectivity index (χ2v) is 18.0. The molecule has 60 heavy (non-hydrogen) atoms. The third kappa shape index (κ3) is 6.42. The second kappa shape index (κ2) is 15.4. The first-order valence-electron chi connectivity index (χ1n) is 21.6. The highest BCUT2D eigenvalue weighted by Crippen LogP contribution is 2.52. The van der Waals surface area contributed by atoms with Crippen molar-refractivity contribution < 1.29 is 23.9 Å². The Kier molecular flexibility index (Phi) is 10.0. The lowest BCUT2D eigenvalue weighted by molar-refractivity contribution is -0.137. The molecule has 1 saturated carbocycles. The maximum atomic E-state index is 13.1. The number of carbonyl (C=O) groups is 4. The first kappa shape index (κ1) is 39.1. The van der Waals surface area contributed by atoms with E-state index in [0.717, 1.165) is 106 Å². The Hall–Kier alpha value is -5.11. The lowest BCUT2D eigenvalue weighted by Gasteiger charge is -2.45. The monoisotopic (exact) mass is 831 g/mol. The van der Waals surface area contributed by atoms with E-state index >= 15 is 0 Å². The minimum atomic E-state index is -0.599. The fourth-order valence-corrected chi connectivity index (χ4v) is 11.4. The number of benzene rings is 3. The Bertz CT molecular complexity index is 2490. The minimum Gasteiger partial charge on any atom is -0.489 e. The van der Waals surface area contributed by atoms with Crippen molar-refractivity contribution in [1.82, 2.24) is 29.6 Å². The van der Waals surface area contributed by atoms with Gasteiger partial charge in [-0.05, 0) is 99.6 Å². The molecule has 1 aliphatic carbocycles. The van der Waals surface area contributed by atoms with E-state index in [1.807, 2.05) is 24.3 Å². The molecule has 3 aromatic carbocycles. The first-order valence-corrected chi connectivity index (χ1v) is 21.9. The van der Waals surface area contributed by atoms with Crippen LogP contribution in [0.5, 0.6) is 5.75 Å². The maximum absolute atomic E-state index is 13.1. The van der Waals surface area contributed by atoms with Gasteiger partial charge < -0.3 is 24.2 Å². The minimum absolute atomic E-state index is 0.161. The molecule has 3 amide bonds. The number of hydrogen-bond donors (Lipinski definition) is 1. The number of piperazine rings is 1. The Morgan fingerprint density at radius 1 is 0.933 bits per heavy atom.